The topological polar surface area (TPSA) is 79.9 Å². The molecule has 154 valence electrons. The average Bonchev–Trinajstić information content (AvgIpc) is 2.59. The molecular formula is C19H39N3O4. The lowest BCUT2D eigenvalue weighted by Gasteiger charge is -2.26. The summed E-state index contributed by atoms with van der Waals surface area (Å²) < 4.78 is 11.2. The van der Waals surface area contributed by atoms with Crippen LogP contribution in [0, 0.1) is 0 Å². The molecule has 0 rings (SSSR count). The minimum absolute atomic E-state index is 0.0861. The first kappa shape index (κ1) is 24.8. The minimum Gasteiger partial charge on any atom is -0.378 e. The predicted molar refractivity (Wildman–Crippen MR) is 104 cm³/mol. The van der Waals surface area contributed by atoms with E-state index in [0.29, 0.717) is 58.4 Å². The Morgan fingerprint density at radius 1 is 0.808 bits per heavy atom. The third kappa shape index (κ3) is 15.1. The summed E-state index contributed by atoms with van der Waals surface area (Å²) in [6, 6.07) is 0.413. The van der Waals surface area contributed by atoms with Crippen LogP contribution in [0.15, 0.2) is 0 Å². The standard InChI is InChI=1S/C19H39N3O4/c1-5-7-18(23)20-9-13-25-15-11-22(17(3)4)12-16-26-14-10-21-19(24)8-6-2/h17H,5-16H2,1-4H3,(H,20,23)(H,21,24). The first-order valence-corrected chi connectivity index (χ1v) is 9.94. The second-order valence-corrected chi connectivity index (χ2v) is 6.55. The molecule has 0 bridgehead atoms. The molecule has 0 aromatic heterocycles. The van der Waals surface area contributed by atoms with E-state index >= 15 is 0 Å². The molecule has 0 aliphatic rings. The van der Waals surface area contributed by atoms with Gasteiger partial charge in [-0.1, -0.05) is 13.8 Å². The molecule has 0 saturated carbocycles. The van der Waals surface area contributed by atoms with E-state index in [0.717, 1.165) is 25.9 Å². The lowest BCUT2D eigenvalue weighted by atomic mass is 10.3. The zero-order valence-electron chi connectivity index (χ0n) is 17.1. The van der Waals surface area contributed by atoms with Crippen molar-refractivity contribution in [2.24, 2.45) is 0 Å². The highest BCUT2D eigenvalue weighted by Crippen LogP contribution is 1.98. The Balaban J connectivity index is 3.65. The summed E-state index contributed by atoms with van der Waals surface area (Å²) in [5.41, 5.74) is 0. The van der Waals surface area contributed by atoms with Gasteiger partial charge in [0.1, 0.15) is 0 Å². The molecule has 0 unspecified atom stereocenters. The quantitative estimate of drug-likeness (QED) is 0.378. The van der Waals surface area contributed by atoms with Crippen molar-refractivity contribution in [2.45, 2.75) is 59.4 Å². The molecule has 0 spiro atoms. The van der Waals surface area contributed by atoms with Crippen LogP contribution >= 0.6 is 0 Å². The molecule has 0 saturated heterocycles. The summed E-state index contributed by atoms with van der Waals surface area (Å²) >= 11 is 0. The highest BCUT2D eigenvalue weighted by atomic mass is 16.5. The summed E-state index contributed by atoms with van der Waals surface area (Å²) in [5, 5.41) is 5.67. The minimum atomic E-state index is 0.0861. The van der Waals surface area contributed by atoms with E-state index < -0.39 is 0 Å². The van der Waals surface area contributed by atoms with E-state index in [1.54, 1.807) is 0 Å². The Labute approximate surface area is 159 Å². The Morgan fingerprint density at radius 2 is 1.23 bits per heavy atom. The fourth-order valence-corrected chi connectivity index (χ4v) is 2.35. The van der Waals surface area contributed by atoms with Crippen molar-refractivity contribution in [3.8, 4) is 0 Å². The normalized spacial score (nSPS) is 11.2. The smallest absolute Gasteiger partial charge is 0.220 e. The Hall–Kier alpha value is -1.18. The molecule has 0 atom stereocenters. The van der Waals surface area contributed by atoms with Gasteiger partial charge in [0.2, 0.25) is 11.8 Å². The second kappa shape index (κ2) is 17.2. The molecule has 0 aliphatic heterocycles. The van der Waals surface area contributed by atoms with Crippen molar-refractivity contribution >= 4 is 11.8 Å². The molecule has 7 heteroatoms. The van der Waals surface area contributed by atoms with Gasteiger partial charge in [0.25, 0.3) is 0 Å². The summed E-state index contributed by atoms with van der Waals surface area (Å²) in [6.07, 6.45) is 2.87. The van der Waals surface area contributed by atoms with Gasteiger partial charge in [-0.2, -0.15) is 0 Å². The van der Waals surface area contributed by atoms with Crippen molar-refractivity contribution in [3.63, 3.8) is 0 Å². The van der Waals surface area contributed by atoms with Gasteiger partial charge < -0.3 is 20.1 Å². The maximum atomic E-state index is 11.3. The monoisotopic (exact) mass is 373 g/mol. The van der Waals surface area contributed by atoms with Gasteiger partial charge in [-0.15, -0.1) is 0 Å². The number of hydrogen-bond donors (Lipinski definition) is 2. The predicted octanol–water partition coefficient (Wildman–Crippen LogP) is 1.56. The van der Waals surface area contributed by atoms with Crippen LogP contribution < -0.4 is 10.6 Å². The van der Waals surface area contributed by atoms with Crippen LogP contribution in [0.3, 0.4) is 0 Å². The fraction of sp³-hybridized carbons (Fsp3) is 0.895. The summed E-state index contributed by atoms with van der Waals surface area (Å²) in [6.45, 7) is 13.4. The maximum absolute atomic E-state index is 11.3. The Bertz CT molecular complexity index is 335. The van der Waals surface area contributed by atoms with Crippen molar-refractivity contribution in [1.29, 1.82) is 0 Å². The lowest BCUT2D eigenvalue weighted by molar-refractivity contribution is -0.122. The SMILES string of the molecule is CCCC(=O)NCCOCCN(CCOCCNC(=O)CCC)C(C)C. The van der Waals surface area contributed by atoms with Gasteiger partial charge >= 0.3 is 0 Å². The number of nitrogens with zero attached hydrogens (tertiary/aromatic N) is 1. The van der Waals surface area contributed by atoms with Gasteiger partial charge in [0, 0.05) is 45.1 Å². The number of carbonyl (C=O) groups is 2. The van der Waals surface area contributed by atoms with Gasteiger partial charge in [-0.3, -0.25) is 14.5 Å². The van der Waals surface area contributed by atoms with E-state index in [1.165, 1.54) is 0 Å². The zero-order chi connectivity index (χ0) is 19.6. The van der Waals surface area contributed by atoms with Crippen LogP contribution in [0.5, 0.6) is 0 Å². The molecule has 0 fully saturated rings. The number of amides is 2. The Kier molecular flexibility index (Phi) is 16.5. The molecule has 0 aliphatic carbocycles. The largest absolute Gasteiger partial charge is 0.378 e. The number of carbonyl (C=O) groups excluding carboxylic acids is 2. The van der Waals surface area contributed by atoms with Crippen LogP contribution in [0.1, 0.15) is 53.4 Å². The van der Waals surface area contributed by atoms with Crippen LogP contribution in [-0.4, -0.2) is 75.4 Å². The first-order valence-electron chi connectivity index (χ1n) is 9.94. The summed E-state index contributed by atoms with van der Waals surface area (Å²) in [4.78, 5) is 24.9. The molecule has 0 aromatic carbocycles. The van der Waals surface area contributed by atoms with Crippen LogP contribution in [-0.2, 0) is 19.1 Å². The lowest BCUT2D eigenvalue weighted by Crippen LogP contribution is -2.37. The molecule has 0 aromatic rings. The number of nitrogens with one attached hydrogen (secondary N) is 2. The molecule has 2 N–H and O–H groups in total. The van der Waals surface area contributed by atoms with Gasteiger partial charge in [-0.25, -0.2) is 0 Å². The van der Waals surface area contributed by atoms with Crippen LogP contribution in [0.4, 0.5) is 0 Å². The highest BCUT2D eigenvalue weighted by Gasteiger charge is 2.09. The zero-order valence-corrected chi connectivity index (χ0v) is 17.1. The van der Waals surface area contributed by atoms with Gasteiger partial charge in [0.05, 0.1) is 26.4 Å². The molecule has 2 amide bonds. The van der Waals surface area contributed by atoms with E-state index in [2.05, 4.69) is 29.4 Å². The fourth-order valence-electron chi connectivity index (χ4n) is 2.35. The van der Waals surface area contributed by atoms with E-state index in [1.807, 2.05) is 13.8 Å². The molecule has 26 heavy (non-hydrogen) atoms. The van der Waals surface area contributed by atoms with E-state index in [4.69, 9.17) is 9.47 Å². The van der Waals surface area contributed by atoms with E-state index in [9.17, 15) is 9.59 Å². The number of rotatable bonds is 17. The number of ether oxygens (including phenoxy) is 2. The maximum Gasteiger partial charge on any atom is 0.220 e. The number of hydrogen-bond acceptors (Lipinski definition) is 5. The van der Waals surface area contributed by atoms with Gasteiger partial charge in [0.15, 0.2) is 0 Å². The van der Waals surface area contributed by atoms with Crippen LogP contribution in [0.25, 0.3) is 0 Å². The van der Waals surface area contributed by atoms with Crippen molar-refractivity contribution < 1.29 is 19.1 Å². The molecular weight excluding hydrogens is 334 g/mol. The summed E-state index contributed by atoms with van der Waals surface area (Å²) in [5.74, 6) is 0.172. The third-order valence-corrected chi connectivity index (χ3v) is 3.87. The van der Waals surface area contributed by atoms with Gasteiger partial charge in [-0.05, 0) is 26.7 Å². The van der Waals surface area contributed by atoms with Crippen LogP contribution in [0.2, 0.25) is 0 Å². The van der Waals surface area contributed by atoms with Crippen molar-refractivity contribution in [3.05, 3.63) is 0 Å². The Morgan fingerprint density at radius 3 is 1.58 bits per heavy atom. The van der Waals surface area contributed by atoms with Crippen molar-refractivity contribution in [2.75, 3.05) is 52.6 Å². The summed E-state index contributed by atoms with van der Waals surface area (Å²) in [7, 11) is 0. The highest BCUT2D eigenvalue weighted by molar-refractivity contribution is 5.76. The van der Waals surface area contributed by atoms with Crippen molar-refractivity contribution in [1.82, 2.24) is 15.5 Å². The molecule has 0 radical (unpaired) electrons. The first-order chi connectivity index (χ1) is 12.5. The molecule has 0 heterocycles. The molecule has 7 nitrogen and oxygen atoms in total. The van der Waals surface area contributed by atoms with E-state index in [-0.39, 0.29) is 11.8 Å². The second-order valence-electron chi connectivity index (χ2n) is 6.55. The average molecular weight is 374 g/mol. The third-order valence-electron chi connectivity index (χ3n) is 3.87.